The second kappa shape index (κ2) is 7.69. The molecule has 0 saturated heterocycles. The summed E-state index contributed by atoms with van der Waals surface area (Å²) in [6.07, 6.45) is 0. The average molecular weight is 351 g/mol. The van der Waals surface area contributed by atoms with Gasteiger partial charge in [-0.25, -0.2) is 13.2 Å². The summed E-state index contributed by atoms with van der Waals surface area (Å²) in [5.74, 6) is -5.41. The van der Waals surface area contributed by atoms with E-state index in [4.69, 9.17) is 0 Å². The molecule has 5 nitrogen and oxygen atoms in total. The fourth-order valence-corrected chi connectivity index (χ4v) is 2.07. The van der Waals surface area contributed by atoms with Crippen molar-refractivity contribution in [2.45, 2.75) is 13.0 Å². The predicted octanol–water partition coefficient (Wildman–Crippen LogP) is 2.90. The number of carbonyl (C=O) groups is 2. The van der Waals surface area contributed by atoms with Crippen molar-refractivity contribution in [1.82, 2.24) is 5.32 Å². The third-order valence-electron chi connectivity index (χ3n) is 3.42. The molecule has 0 aromatic heterocycles. The number of benzene rings is 2. The molecule has 0 aliphatic carbocycles. The highest BCUT2D eigenvalue weighted by molar-refractivity contribution is 5.97. The predicted molar refractivity (Wildman–Crippen MR) is 87.9 cm³/mol. The summed E-state index contributed by atoms with van der Waals surface area (Å²) in [6, 6.07) is 7.25. The van der Waals surface area contributed by atoms with Gasteiger partial charge in [-0.05, 0) is 37.3 Å². The van der Waals surface area contributed by atoms with Crippen molar-refractivity contribution in [2.75, 3.05) is 17.7 Å². The van der Waals surface area contributed by atoms with Crippen molar-refractivity contribution in [3.63, 3.8) is 0 Å². The summed E-state index contributed by atoms with van der Waals surface area (Å²) in [7, 11) is 1.49. The first-order chi connectivity index (χ1) is 11.8. The summed E-state index contributed by atoms with van der Waals surface area (Å²) in [4.78, 5) is 23.7. The quantitative estimate of drug-likeness (QED) is 0.726. The van der Waals surface area contributed by atoms with Gasteiger partial charge >= 0.3 is 0 Å². The lowest BCUT2D eigenvalue weighted by molar-refractivity contribution is -0.116. The van der Waals surface area contributed by atoms with Crippen LogP contribution in [0.4, 0.5) is 24.5 Å². The van der Waals surface area contributed by atoms with Gasteiger partial charge in [-0.15, -0.1) is 0 Å². The molecular formula is C17H16F3N3O2. The van der Waals surface area contributed by atoms with Crippen LogP contribution in [0.25, 0.3) is 0 Å². The number of amides is 2. The minimum Gasteiger partial charge on any atom is -0.374 e. The maximum atomic E-state index is 13.6. The van der Waals surface area contributed by atoms with E-state index in [1.54, 1.807) is 24.3 Å². The molecule has 0 spiro atoms. The molecule has 1 atom stereocenters. The second-order valence-corrected chi connectivity index (χ2v) is 5.24. The van der Waals surface area contributed by atoms with Crippen LogP contribution in [0, 0.1) is 17.5 Å². The fourth-order valence-electron chi connectivity index (χ4n) is 2.07. The lowest BCUT2D eigenvalue weighted by Gasteiger charge is -2.16. The van der Waals surface area contributed by atoms with E-state index in [1.165, 1.54) is 14.0 Å². The van der Waals surface area contributed by atoms with Crippen LogP contribution in [-0.4, -0.2) is 24.9 Å². The molecule has 8 heteroatoms. The average Bonchev–Trinajstić information content (AvgIpc) is 2.61. The SMILES string of the molecule is CNC(=O)c1cccc(NC(C)C(=O)Nc2ccc(F)c(F)c2F)c1. The summed E-state index contributed by atoms with van der Waals surface area (Å²) >= 11 is 0. The lowest BCUT2D eigenvalue weighted by Crippen LogP contribution is -2.32. The van der Waals surface area contributed by atoms with Crippen molar-refractivity contribution < 1.29 is 22.8 Å². The molecule has 0 fully saturated rings. The third kappa shape index (κ3) is 4.28. The van der Waals surface area contributed by atoms with Gasteiger partial charge < -0.3 is 16.0 Å². The van der Waals surface area contributed by atoms with Gasteiger partial charge in [0.2, 0.25) is 5.91 Å². The van der Waals surface area contributed by atoms with Crippen LogP contribution in [0.15, 0.2) is 36.4 Å². The van der Waals surface area contributed by atoms with Gasteiger partial charge in [-0.1, -0.05) is 6.07 Å². The first-order valence-electron chi connectivity index (χ1n) is 7.36. The van der Waals surface area contributed by atoms with E-state index in [2.05, 4.69) is 16.0 Å². The molecule has 0 heterocycles. The Morgan fingerprint density at radius 3 is 2.44 bits per heavy atom. The van der Waals surface area contributed by atoms with Crippen molar-refractivity contribution in [1.29, 1.82) is 0 Å². The third-order valence-corrected chi connectivity index (χ3v) is 3.42. The van der Waals surface area contributed by atoms with Crippen LogP contribution in [-0.2, 0) is 4.79 Å². The zero-order valence-electron chi connectivity index (χ0n) is 13.5. The minimum atomic E-state index is -1.66. The maximum absolute atomic E-state index is 13.6. The normalized spacial score (nSPS) is 11.6. The highest BCUT2D eigenvalue weighted by Gasteiger charge is 2.18. The van der Waals surface area contributed by atoms with Gasteiger partial charge in [0.25, 0.3) is 5.91 Å². The van der Waals surface area contributed by atoms with E-state index in [-0.39, 0.29) is 5.91 Å². The largest absolute Gasteiger partial charge is 0.374 e. The summed E-state index contributed by atoms with van der Waals surface area (Å²) < 4.78 is 39.7. The Kier molecular flexibility index (Phi) is 5.63. The standard InChI is InChI=1S/C17H16F3N3O2/c1-9(22-11-5-3-4-10(8-11)17(25)21-2)16(24)23-13-7-6-12(18)14(19)15(13)20/h3-9,22H,1-2H3,(H,21,25)(H,23,24). The number of halogens is 3. The van der Waals surface area contributed by atoms with Gasteiger partial charge in [0.15, 0.2) is 17.5 Å². The molecule has 132 valence electrons. The Morgan fingerprint density at radius 1 is 1.04 bits per heavy atom. The first kappa shape index (κ1) is 18.3. The first-order valence-corrected chi connectivity index (χ1v) is 7.36. The molecule has 3 N–H and O–H groups in total. The summed E-state index contributed by atoms with van der Waals surface area (Å²) in [6.45, 7) is 1.50. The summed E-state index contributed by atoms with van der Waals surface area (Å²) in [5.41, 5.74) is 0.429. The maximum Gasteiger partial charge on any atom is 0.251 e. The van der Waals surface area contributed by atoms with E-state index >= 15 is 0 Å². The van der Waals surface area contributed by atoms with E-state index in [9.17, 15) is 22.8 Å². The molecule has 25 heavy (non-hydrogen) atoms. The number of carbonyl (C=O) groups excluding carboxylic acids is 2. The molecular weight excluding hydrogens is 335 g/mol. The molecule has 0 aliphatic heterocycles. The molecule has 2 amide bonds. The molecule has 2 rings (SSSR count). The van der Waals surface area contributed by atoms with Crippen LogP contribution in [0.2, 0.25) is 0 Å². The van der Waals surface area contributed by atoms with E-state index < -0.39 is 35.1 Å². The number of hydrogen-bond donors (Lipinski definition) is 3. The Hall–Kier alpha value is -3.03. The van der Waals surface area contributed by atoms with E-state index in [1.807, 2.05) is 0 Å². The minimum absolute atomic E-state index is 0.287. The molecule has 0 aliphatic rings. The van der Waals surface area contributed by atoms with Gasteiger partial charge in [0, 0.05) is 18.3 Å². The van der Waals surface area contributed by atoms with Gasteiger partial charge in [0.1, 0.15) is 6.04 Å². The monoisotopic (exact) mass is 351 g/mol. The number of anilines is 2. The van der Waals surface area contributed by atoms with Gasteiger partial charge in [-0.2, -0.15) is 0 Å². The van der Waals surface area contributed by atoms with E-state index in [0.717, 1.165) is 12.1 Å². The van der Waals surface area contributed by atoms with Crippen LogP contribution < -0.4 is 16.0 Å². The van der Waals surface area contributed by atoms with E-state index in [0.29, 0.717) is 11.3 Å². The zero-order chi connectivity index (χ0) is 18.6. The highest BCUT2D eigenvalue weighted by atomic mass is 19.2. The Morgan fingerprint density at radius 2 is 1.76 bits per heavy atom. The van der Waals surface area contributed by atoms with Crippen molar-refractivity contribution in [2.24, 2.45) is 0 Å². The number of nitrogens with one attached hydrogen (secondary N) is 3. The Bertz CT molecular complexity index is 812. The van der Waals surface area contributed by atoms with Crippen molar-refractivity contribution >= 4 is 23.2 Å². The number of rotatable bonds is 5. The van der Waals surface area contributed by atoms with Gasteiger partial charge in [0.05, 0.1) is 5.69 Å². The summed E-state index contributed by atoms with van der Waals surface area (Å²) in [5, 5.41) is 7.51. The Balaban J connectivity index is 2.08. The molecule has 2 aromatic carbocycles. The zero-order valence-corrected chi connectivity index (χ0v) is 13.5. The van der Waals surface area contributed by atoms with Gasteiger partial charge in [-0.3, -0.25) is 9.59 Å². The van der Waals surface area contributed by atoms with Crippen LogP contribution in [0.3, 0.4) is 0 Å². The van der Waals surface area contributed by atoms with Crippen LogP contribution in [0.5, 0.6) is 0 Å². The smallest absolute Gasteiger partial charge is 0.251 e. The molecule has 0 radical (unpaired) electrons. The Labute approximate surface area is 142 Å². The van der Waals surface area contributed by atoms with Crippen LogP contribution in [0.1, 0.15) is 17.3 Å². The molecule has 0 saturated carbocycles. The molecule has 1 unspecified atom stereocenters. The number of hydrogen-bond acceptors (Lipinski definition) is 3. The van der Waals surface area contributed by atoms with Crippen molar-refractivity contribution in [3.8, 4) is 0 Å². The highest BCUT2D eigenvalue weighted by Crippen LogP contribution is 2.20. The van der Waals surface area contributed by atoms with Crippen LogP contribution >= 0.6 is 0 Å². The lowest BCUT2D eigenvalue weighted by atomic mass is 10.1. The second-order valence-electron chi connectivity index (χ2n) is 5.24. The molecule has 2 aromatic rings. The van der Waals surface area contributed by atoms with Crippen molar-refractivity contribution in [3.05, 3.63) is 59.4 Å². The fraction of sp³-hybridized carbons (Fsp3) is 0.176. The topological polar surface area (TPSA) is 70.2 Å². The molecule has 0 bridgehead atoms.